The summed E-state index contributed by atoms with van der Waals surface area (Å²) in [4.78, 5) is 14.7. The number of hydrogen-bond donors (Lipinski definition) is 0. The van der Waals surface area contributed by atoms with Crippen molar-refractivity contribution in [2.24, 2.45) is 5.92 Å². The fourth-order valence-corrected chi connectivity index (χ4v) is 5.32. The van der Waals surface area contributed by atoms with Gasteiger partial charge in [-0.25, -0.2) is 0 Å². The lowest BCUT2D eigenvalue weighted by atomic mass is 9.76. The Labute approximate surface area is 171 Å². The molecule has 148 valence electrons. The Morgan fingerprint density at radius 2 is 1.96 bits per heavy atom. The number of benzene rings is 1. The molecule has 4 atom stereocenters. The van der Waals surface area contributed by atoms with Gasteiger partial charge in [0.25, 0.3) is 0 Å². The second kappa shape index (κ2) is 8.11. The van der Waals surface area contributed by atoms with E-state index >= 15 is 0 Å². The molecule has 1 aromatic carbocycles. The van der Waals surface area contributed by atoms with E-state index in [0.29, 0.717) is 6.08 Å². The van der Waals surface area contributed by atoms with Gasteiger partial charge < -0.3 is 4.74 Å². The lowest BCUT2D eigenvalue weighted by Crippen LogP contribution is -2.51. The second-order valence-corrected chi connectivity index (χ2v) is 8.79. The first-order valence-electron chi connectivity index (χ1n) is 9.03. The number of halogens is 4. The number of piperidine rings is 1. The Hall–Kier alpha value is -1.09. The van der Waals surface area contributed by atoms with Crippen molar-refractivity contribution in [2.75, 3.05) is 13.7 Å². The van der Waals surface area contributed by atoms with Crippen molar-refractivity contribution in [1.29, 1.82) is 0 Å². The summed E-state index contributed by atoms with van der Waals surface area (Å²) in [5.41, 5.74) is 2.26. The SMILES string of the molecule is COC(=O)C1C(c2ccc(C)cc2)C[C@@H]2CC[C@H]1N2C/C(I)=C/C(F)(F)F. The minimum Gasteiger partial charge on any atom is -0.469 e. The Morgan fingerprint density at radius 3 is 2.56 bits per heavy atom. The standard InChI is InChI=1S/C20H23F3INO2/c1-12-3-5-13(6-4-12)16-9-15-7-8-17(18(16)19(26)27-2)25(15)11-14(24)10-20(21,22)23/h3-6,10,15-18H,7-9,11H2,1-2H3/b14-10-/t15-,16?,17+,18?/m0/s1. The third-order valence-electron chi connectivity index (χ3n) is 5.70. The van der Waals surface area contributed by atoms with Crippen LogP contribution in [0.4, 0.5) is 13.2 Å². The fraction of sp³-hybridized carbons (Fsp3) is 0.550. The van der Waals surface area contributed by atoms with Gasteiger partial charge in [0.15, 0.2) is 0 Å². The van der Waals surface area contributed by atoms with Crippen LogP contribution in [0.15, 0.2) is 33.9 Å². The number of carbonyl (C=O) groups is 1. The highest BCUT2D eigenvalue weighted by atomic mass is 127. The van der Waals surface area contributed by atoms with Crippen LogP contribution in [0.3, 0.4) is 0 Å². The Morgan fingerprint density at radius 1 is 1.30 bits per heavy atom. The van der Waals surface area contributed by atoms with Gasteiger partial charge in [0.2, 0.25) is 0 Å². The van der Waals surface area contributed by atoms with Crippen LogP contribution in [0.25, 0.3) is 0 Å². The van der Waals surface area contributed by atoms with Crippen molar-refractivity contribution in [3.63, 3.8) is 0 Å². The number of methoxy groups -OCH3 is 1. The van der Waals surface area contributed by atoms with Crippen molar-refractivity contribution in [1.82, 2.24) is 4.90 Å². The Kier molecular flexibility index (Phi) is 6.20. The topological polar surface area (TPSA) is 29.5 Å². The highest BCUT2D eigenvalue weighted by Gasteiger charge is 2.51. The number of nitrogens with zero attached hydrogens (tertiary/aromatic N) is 1. The number of rotatable bonds is 4. The smallest absolute Gasteiger partial charge is 0.410 e. The molecule has 3 nitrogen and oxygen atoms in total. The number of ether oxygens (including phenoxy) is 1. The van der Waals surface area contributed by atoms with E-state index in [9.17, 15) is 18.0 Å². The molecule has 0 radical (unpaired) electrons. The molecule has 0 aromatic heterocycles. The maximum atomic E-state index is 12.7. The highest BCUT2D eigenvalue weighted by molar-refractivity contribution is 14.1. The molecule has 2 fully saturated rings. The largest absolute Gasteiger partial charge is 0.469 e. The zero-order chi connectivity index (χ0) is 19.8. The van der Waals surface area contributed by atoms with Crippen LogP contribution >= 0.6 is 22.6 Å². The van der Waals surface area contributed by atoms with Crippen molar-refractivity contribution >= 4 is 28.6 Å². The molecule has 2 heterocycles. The summed E-state index contributed by atoms with van der Waals surface area (Å²) < 4.78 is 43.3. The van der Waals surface area contributed by atoms with Crippen molar-refractivity contribution in [3.05, 3.63) is 45.0 Å². The summed E-state index contributed by atoms with van der Waals surface area (Å²) in [6.07, 6.45) is -1.50. The summed E-state index contributed by atoms with van der Waals surface area (Å²) in [5, 5.41) is 0. The Balaban J connectivity index is 1.88. The molecule has 7 heteroatoms. The van der Waals surface area contributed by atoms with E-state index < -0.39 is 6.18 Å². The molecule has 0 amide bonds. The number of fused-ring (bicyclic) bond motifs is 2. The monoisotopic (exact) mass is 493 g/mol. The molecular weight excluding hydrogens is 470 g/mol. The van der Waals surface area contributed by atoms with Crippen LogP contribution in [0.1, 0.15) is 36.3 Å². The Bertz CT molecular complexity index is 717. The zero-order valence-corrected chi connectivity index (χ0v) is 17.5. The van der Waals surface area contributed by atoms with Gasteiger partial charge in [-0.15, -0.1) is 0 Å². The molecule has 0 saturated carbocycles. The summed E-state index contributed by atoms with van der Waals surface area (Å²) in [5.74, 6) is -0.590. The average Bonchev–Trinajstić information content (AvgIpc) is 2.84. The van der Waals surface area contributed by atoms with Crippen molar-refractivity contribution in [2.45, 2.75) is 50.4 Å². The number of esters is 1. The van der Waals surface area contributed by atoms with E-state index in [-0.39, 0.29) is 40.0 Å². The van der Waals surface area contributed by atoms with Crippen LogP contribution in [0.5, 0.6) is 0 Å². The van der Waals surface area contributed by atoms with Crippen LogP contribution in [0.2, 0.25) is 0 Å². The number of aryl methyl sites for hydroxylation is 1. The van der Waals surface area contributed by atoms with E-state index in [1.165, 1.54) is 7.11 Å². The third-order valence-corrected chi connectivity index (χ3v) is 6.35. The molecule has 2 unspecified atom stereocenters. The van der Waals surface area contributed by atoms with E-state index in [1.54, 1.807) is 22.6 Å². The maximum Gasteiger partial charge on any atom is 0.410 e. The number of carbonyl (C=O) groups excluding carboxylic acids is 1. The summed E-state index contributed by atoms with van der Waals surface area (Å²) in [6.45, 7) is 2.24. The molecule has 1 aromatic rings. The van der Waals surface area contributed by atoms with E-state index in [1.807, 2.05) is 19.1 Å². The molecule has 2 saturated heterocycles. The van der Waals surface area contributed by atoms with Gasteiger partial charge in [-0.3, -0.25) is 9.69 Å². The van der Waals surface area contributed by atoms with Gasteiger partial charge >= 0.3 is 12.1 Å². The molecule has 3 rings (SSSR count). The lowest BCUT2D eigenvalue weighted by Gasteiger charge is -2.43. The molecular formula is C20H23F3INO2. The predicted molar refractivity (Wildman–Crippen MR) is 106 cm³/mol. The molecule has 0 aliphatic carbocycles. The van der Waals surface area contributed by atoms with Gasteiger partial charge in [-0.05, 0) is 54.3 Å². The number of alkyl halides is 3. The quantitative estimate of drug-likeness (QED) is 0.438. The van der Waals surface area contributed by atoms with Crippen LogP contribution in [0, 0.1) is 12.8 Å². The summed E-state index contributed by atoms with van der Waals surface area (Å²) >= 11 is 1.75. The van der Waals surface area contributed by atoms with Gasteiger partial charge in [0.1, 0.15) is 0 Å². The molecule has 2 aliphatic rings. The number of allylic oxidation sites excluding steroid dienone is 1. The molecule has 27 heavy (non-hydrogen) atoms. The first-order chi connectivity index (χ1) is 12.7. The summed E-state index contributed by atoms with van der Waals surface area (Å²) in [6, 6.07) is 8.28. The summed E-state index contributed by atoms with van der Waals surface area (Å²) in [7, 11) is 1.38. The second-order valence-electron chi connectivity index (χ2n) is 7.41. The molecule has 2 aliphatic heterocycles. The number of hydrogen-bond acceptors (Lipinski definition) is 3. The predicted octanol–water partition coefficient (Wildman–Crippen LogP) is 4.99. The van der Waals surface area contributed by atoms with Crippen LogP contribution in [-0.2, 0) is 9.53 Å². The third kappa shape index (κ3) is 4.67. The first kappa shape index (κ1) is 20.6. The van der Waals surface area contributed by atoms with Gasteiger partial charge in [-0.1, -0.05) is 29.8 Å². The first-order valence-corrected chi connectivity index (χ1v) is 10.1. The van der Waals surface area contributed by atoms with E-state index in [4.69, 9.17) is 4.74 Å². The lowest BCUT2D eigenvalue weighted by molar-refractivity contribution is -0.150. The molecule has 0 spiro atoms. The fourth-order valence-electron chi connectivity index (χ4n) is 4.57. The van der Waals surface area contributed by atoms with Gasteiger partial charge in [0, 0.05) is 34.2 Å². The normalized spacial score (nSPS) is 29.0. The van der Waals surface area contributed by atoms with Crippen LogP contribution in [-0.4, -0.2) is 42.8 Å². The minimum absolute atomic E-state index is 0.0380. The van der Waals surface area contributed by atoms with Crippen LogP contribution < -0.4 is 0 Å². The average molecular weight is 493 g/mol. The van der Waals surface area contributed by atoms with Crippen molar-refractivity contribution < 1.29 is 22.7 Å². The molecule has 2 bridgehead atoms. The maximum absolute atomic E-state index is 12.7. The van der Waals surface area contributed by atoms with E-state index in [2.05, 4.69) is 17.0 Å². The van der Waals surface area contributed by atoms with Crippen molar-refractivity contribution in [3.8, 4) is 0 Å². The highest BCUT2D eigenvalue weighted by Crippen LogP contribution is 2.48. The van der Waals surface area contributed by atoms with Gasteiger partial charge in [0.05, 0.1) is 13.0 Å². The van der Waals surface area contributed by atoms with Gasteiger partial charge in [-0.2, -0.15) is 13.2 Å². The zero-order valence-electron chi connectivity index (χ0n) is 15.3. The minimum atomic E-state index is -4.32. The van der Waals surface area contributed by atoms with E-state index in [0.717, 1.165) is 30.4 Å². The molecule has 0 N–H and O–H groups in total.